The zero-order valence-electron chi connectivity index (χ0n) is 15.7. The van der Waals surface area contributed by atoms with Crippen LogP contribution in [0.5, 0.6) is 0 Å². The van der Waals surface area contributed by atoms with Crippen LogP contribution in [-0.4, -0.2) is 20.7 Å². The van der Waals surface area contributed by atoms with Crippen LogP contribution in [0.15, 0.2) is 48.5 Å². The van der Waals surface area contributed by atoms with Gasteiger partial charge in [-0.3, -0.25) is 0 Å². The van der Waals surface area contributed by atoms with Crippen LogP contribution in [0, 0.1) is 5.92 Å². The number of hydrogen-bond donors (Lipinski definition) is 2. The van der Waals surface area contributed by atoms with Crippen LogP contribution in [-0.2, 0) is 29.4 Å². The molecule has 1 saturated carbocycles. The van der Waals surface area contributed by atoms with E-state index in [4.69, 9.17) is 0 Å². The molecule has 5 heteroatoms. The zero-order chi connectivity index (χ0) is 18.7. The molecule has 0 radical (unpaired) electrons. The van der Waals surface area contributed by atoms with E-state index in [2.05, 4.69) is 40.4 Å². The highest BCUT2D eigenvalue weighted by molar-refractivity contribution is 7.89. The summed E-state index contributed by atoms with van der Waals surface area (Å²) in [6, 6.07) is 16.4. The van der Waals surface area contributed by atoms with Gasteiger partial charge in [0.25, 0.3) is 0 Å². The van der Waals surface area contributed by atoms with Gasteiger partial charge < -0.3 is 5.32 Å². The lowest BCUT2D eigenvalue weighted by atomic mass is 9.95. The van der Waals surface area contributed by atoms with Crippen molar-refractivity contribution < 1.29 is 8.42 Å². The van der Waals surface area contributed by atoms with Gasteiger partial charge in [0, 0.05) is 6.54 Å². The van der Waals surface area contributed by atoms with Gasteiger partial charge in [0.05, 0.1) is 11.8 Å². The lowest BCUT2D eigenvalue weighted by molar-refractivity contribution is 0.551. The van der Waals surface area contributed by atoms with E-state index >= 15 is 0 Å². The maximum atomic E-state index is 12.7. The molecule has 2 aromatic carbocycles. The van der Waals surface area contributed by atoms with E-state index in [1.54, 1.807) is 0 Å². The van der Waals surface area contributed by atoms with Gasteiger partial charge in [-0.2, -0.15) is 0 Å². The molecule has 0 aromatic heterocycles. The van der Waals surface area contributed by atoms with Gasteiger partial charge in [-0.15, -0.1) is 0 Å². The third-order valence-corrected chi connectivity index (χ3v) is 7.06. The molecule has 0 amide bonds. The quantitative estimate of drug-likeness (QED) is 0.770. The molecular weight excluding hydrogens is 356 g/mol. The van der Waals surface area contributed by atoms with Crippen molar-refractivity contribution in [2.24, 2.45) is 5.92 Å². The number of fused-ring (bicyclic) bond motifs is 1. The Hall–Kier alpha value is -1.69. The maximum absolute atomic E-state index is 12.7. The first-order valence-corrected chi connectivity index (χ1v) is 11.6. The topological polar surface area (TPSA) is 58.2 Å². The van der Waals surface area contributed by atoms with E-state index in [1.165, 1.54) is 11.1 Å². The number of aryl methyl sites for hydroxylation is 1. The van der Waals surface area contributed by atoms with Crippen LogP contribution in [0.1, 0.15) is 47.6 Å². The minimum atomic E-state index is -3.28. The van der Waals surface area contributed by atoms with Crippen molar-refractivity contribution in [3.8, 4) is 0 Å². The molecular formula is C22H28N2O2S. The van der Waals surface area contributed by atoms with Crippen LogP contribution in [0.2, 0.25) is 0 Å². The predicted octanol–water partition coefficient (Wildman–Crippen LogP) is 3.34. The summed E-state index contributed by atoms with van der Waals surface area (Å²) in [6.07, 6.45) is 4.97. The van der Waals surface area contributed by atoms with Gasteiger partial charge in [-0.05, 0) is 66.8 Å². The Morgan fingerprint density at radius 1 is 1.07 bits per heavy atom. The number of rotatable bonds is 7. The second-order valence-corrected chi connectivity index (χ2v) is 9.69. The summed E-state index contributed by atoms with van der Waals surface area (Å²) in [5.74, 6) is 0.598. The van der Waals surface area contributed by atoms with Crippen LogP contribution in [0.3, 0.4) is 0 Å². The van der Waals surface area contributed by atoms with E-state index in [-0.39, 0.29) is 11.8 Å². The third-order valence-electron chi connectivity index (χ3n) is 5.50. The van der Waals surface area contributed by atoms with Gasteiger partial charge in [0.15, 0.2) is 0 Å². The summed E-state index contributed by atoms with van der Waals surface area (Å²) < 4.78 is 28.4. The molecule has 0 spiro atoms. The van der Waals surface area contributed by atoms with E-state index in [9.17, 15) is 8.42 Å². The van der Waals surface area contributed by atoms with Crippen molar-refractivity contribution in [2.75, 3.05) is 12.3 Å². The molecule has 0 saturated heterocycles. The Bertz CT molecular complexity index is 876. The molecule has 0 bridgehead atoms. The van der Waals surface area contributed by atoms with Crippen molar-refractivity contribution in [2.45, 2.75) is 44.7 Å². The molecule has 1 atom stereocenters. The molecule has 27 heavy (non-hydrogen) atoms. The normalized spacial score (nSPS) is 18.5. The molecule has 4 rings (SSSR count). The summed E-state index contributed by atoms with van der Waals surface area (Å²) in [5.41, 5.74) is 4.87. The summed E-state index contributed by atoms with van der Waals surface area (Å²) in [6.45, 7) is 1.89. The second kappa shape index (κ2) is 8.13. The van der Waals surface area contributed by atoms with Gasteiger partial charge in [0.1, 0.15) is 0 Å². The minimum absolute atomic E-state index is 0.232. The second-order valence-electron chi connectivity index (χ2n) is 7.89. The average Bonchev–Trinajstić information content (AvgIpc) is 3.47. The van der Waals surface area contributed by atoms with Crippen LogP contribution >= 0.6 is 0 Å². The van der Waals surface area contributed by atoms with Crippen molar-refractivity contribution in [3.63, 3.8) is 0 Å². The fraction of sp³-hybridized carbons (Fsp3) is 0.455. The zero-order valence-corrected chi connectivity index (χ0v) is 16.5. The smallest absolute Gasteiger partial charge is 0.212 e. The van der Waals surface area contributed by atoms with Crippen LogP contribution in [0.4, 0.5) is 0 Å². The first kappa shape index (κ1) is 18.7. The molecule has 1 unspecified atom stereocenters. The SMILES string of the molecule is O=S(=O)(CC1CC1)NC(Cc1ccccc1)c1ccc2c(c1)CNCCC2. The Kier molecular flexibility index (Phi) is 5.62. The fourth-order valence-corrected chi connectivity index (χ4v) is 5.54. The summed E-state index contributed by atoms with van der Waals surface area (Å²) in [5, 5.41) is 3.46. The fourth-order valence-electron chi connectivity index (χ4n) is 3.83. The van der Waals surface area contributed by atoms with Gasteiger partial charge in [-0.1, -0.05) is 48.5 Å². The van der Waals surface area contributed by atoms with Gasteiger partial charge in [-0.25, -0.2) is 13.1 Å². The van der Waals surface area contributed by atoms with E-state index < -0.39 is 10.0 Å². The molecule has 1 heterocycles. The number of benzene rings is 2. The lowest BCUT2D eigenvalue weighted by Crippen LogP contribution is -2.32. The molecule has 2 aromatic rings. The van der Waals surface area contributed by atoms with Gasteiger partial charge >= 0.3 is 0 Å². The largest absolute Gasteiger partial charge is 0.313 e. The molecule has 144 valence electrons. The maximum Gasteiger partial charge on any atom is 0.212 e. The van der Waals surface area contributed by atoms with E-state index in [0.717, 1.165) is 49.9 Å². The van der Waals surface area contributed by atoms with Crippen molar-refractivity contribution in [1.82, 2.24) is 10.0 Å². The molecule has 2 aliphatic rings. The number of sulfonamides is 1. The summed E-state index contributed by atoms with van der Waals surface area (Å²) in [4.78, 5) is 0. The Morgan fingerprint density at radius 3 is 2.67 bits per heavy atom. The number of hydrogen-bond acceptors (Lipinski definition) is 3. The average molecular weight is 385 g/mol. The predicted molar refractivity (Wildman–Crippen MR) is 109 cm³/mol. The molecule has 1 fully saturated rings. The molecule has 1 aliphatic heterocycles. The van der Waals surface area contributed by atoms with Crippen molar-refractivity contribution >= 4 is 10.0 Å². The summed E-state index contributed by atoms with van der Waals surface area (Å²) in [7, 11) is -3.28. The van der Waals surface area contributed by atoms with E-state index in [1.807, 2.05) is 18.2 Å². The Morgan fingerprint density at radius 2 is 1.89 bits per heavy atom. The van der Waals surface area contributed by atoms with Crippen molar-refractivity contribution in [3.05, 3.63) is 70.8 Å². The third kappa shape index (κ3) is 5.18. The van der Waals surface area contributed by atoms with E-state index in [0.29, 0.717) is 12.3 Å². The Labute approximate surface area is 162 Å². The minimum Gasteiger partial charge on any atom is -0.313 e. The first-order chi connectivity index (χ1) is 13.1. The lowest BCUT2D eigenvalue weighted by Gasteiger charge is -2.21. The van der Waals surface area contributed by atoms with Crippen molar-refractivity contribution in [1.29, 1.82) is 0 Å². The van der Waals surface area contributed by atoms with Crippen LogP contribution in [0.25, 0.3) is 0 Å². The first-order valence-electron chi connectivity index (χ1n) is 9.95. The van der Waals surface area contributed by atoms with Crippen LogP contribution < -0.4 is 10.0 Å². The summed E-state index contributed by atoms with van der Waals surface area (Å²) >= 11 is 0. The van der Waals surface area contributed by atoms with Gasteiger partial charge in [0.2, 0.25) is 10.0 Å². The molecule has 2 N–H and O–H groups in total. The standard InChI is InChI=1S/C22H28N2O2S/c25-27(26,16-18-8-9-18)24-22(13-17-5-2-1-3-6-17)20-11-10-19-7-4-12-23-15-21(19)14-20/h1-3,5-6,10-11,14,18,22-24H,4,7-9,12-13,15-16H2. The molecule has 1 aliphatic carbocycles. The highest BCUT2D eigenvalue weighted by Gasteiger charge is 2.30. The highest BCUT2D eigenvalue weighted by Crippen LogP contribution is 2.31. The number of nitrogens with one attached hydrogen (secondary N) is 2. The molecule has 4 nitrogen and oxygen atoms in total. The highest BCUT2D eigenvalue weighted by atomic mass is 32.2. The Balaban J connectivity index is 1.61. The monoisotopic (exact) mass is 384 g/mol.